The highest BCUT2D eigenvalue weighted by atomic mass is 16.4. The van der Waals surface area contributed by atoms with Gasteiger partial charge in [-0.1, -0.05) is 20.8 Å². The first-order valence-corrected chi connectivity index (χ1v) is 8.95. The lowest BCUT2D eigenvalue weighted by atomic mass is 9.50. The van der Waals surface area contributed by atoms with Crippen molar-refractivity contribution >= 4 is 5.78 Å². The van der Waals surface area contributed by atoms with Gasteiger partial charge in [0.05, 0.1) is 12.0 Å². The second-order valence-corrected chi connectivity index (χ2v) is 8.32. The number of aryl methyl sites for hydroxylation is 2. The molecule has 7 nitrogen and oxygen atoms in total. The van der Waals surface area contributed by atoms with E-state index in [2.05, 4.69) is 17.1 Å². The van der Waals surface area contributed by atoms with Crippen molar-refractivity contribution < 1.29 is 14.3 Å². The molecule has 2 atom stereocenters. The van der Waals surface area contributed by atoms with Gasteiger partial charge in [0.25, 0.3) is 5.89 Å². The van der Waals surface area contributed by atoms with Gasteiger partial charge in [-0.3, -0.25) is 9.48 Å². The van der Waals surface area contributed by atoms with Gasteiger partial charge >= 0.3 is 0 Å². The van der Waals surface area contributed by atoms with E-state index in [1.165, 1.54) is 0 Å². The van der Waals surface area contributed by atoms with Crippen LogP contribution >= 0.6 is 0 Å². The van der Waals surface area contributed by atoms with Gasteiger partial charge in [-0.15, -0.1) is 10.2 Å². The summed E-state index contributed by atoms with van der Waals surface area (Å²) in [4.78, 5) is 12.8. The Morgan fingerprint density at radius 2 is 2.04 bits per heavy atom. The van der Waals surface area contributed by atoms with E-state index in [1.807, 2.05) is 20.9 Å². The standard InChI is InChI=1S/C19H24N4O3/c1-10-20-21-17(26-10)14-12-6-7-13-18(2,3)16(25)11(9-24)8-19(13,4)15(12)22-23(14)5/h9,13,24H,6-8H2,1-5H3/b11-9-/t13-,19-/m0/s1. The van der Waals surface area contributed by atoms with Crippen LogP contribution in [0.25, 0.3) is 11.6 Å². The molecule has 2 heterocycles. The molecule has 0 radical (unpaired) electrons. The molecule has 138 valence electrons. The molecule has 0 saturated heterocycles. The van der Waals surface area contributed by atoms with Gasteiger partial charge in [-0.25, -0.2) is 0 Å². The summed E-state index contributed by atoms with van der Waals surface area (Å²) >= 11 is 0. The van der Waals surface area contributed by atoms with Crippen LogP contribution in [0.1, 0.15) is 50.8 Å². The Kier molecular flexibility index (Phi) is 3.45. The predicted octanol–water partition coefficient (Wildman–Crippen LogP) is 3.04. The van der Waals surface area contributed by atoms with Crippen molar-refractivity contribution in [2.75, 3.05) is 0 Å². The molecule has 0 unspecified atom stereocenters. The van der Waals surface area contributed by atoms with Crippen LogP contribution in [0.4, 0.5) is 0 Å². The molecule has 0 aromatic carbocycles. The monoisotopic (exact) mass is 356 g/mol. The molecule has 0 amide bonds. The first-order valence-electron chi connectivity index (χ1n) is 8.95. The number of nitrogens with zero attached hydrogens (tertiary/aromatic N) is 4. The number of aliphatic hydroxyl groups excluding tert-OH is 1. The number of Topliss-reactive ketones (excluding diaryl/α,β-unsaturated/α-hetero) is 1. The Hall–Kier alpha value is -2.44. The van der Waals surface area contributed by atoms with Gasteiger partial charge in [0.2, 0.25) is 5.89 Å². The van der Waals surface area contributed by atoms with E-state index >= 15 is 0 Å². The van der Waals surface area contributed by atoms with Crippen LogP contribution in [0.2, 0.25) is 0 Å². The minimum Gasteiger partial charge on any atom is -0.515 e. The van der Waals surface area contributed by atoms with E-state index in [0.29, 0.717) is 23.8 Å². The summed E-state index contributed by atoms with van der Waals surface area (Å²) in [5.41, 5.74) is 2.54. The third-order valence-electron chi connectivity index (χ3n) is 6.33. The number of fused-ring (bicyclic) bond motifs is 3. The summed E-state index contributed by atoms with van der Waals surface area (Å²) in [7, 11) is 1.88. The highest BCUT2D eigenvalue weighted by molar-refractivity contribution is 6.01. The molecule has 26 heavy (non-hydrogen) atoms. The lowest BCUT2D eigenvalue weighted by Crippen LogP contribution is -2.53. The largest absolute Gasteiger partial charge is 0.515 e. The fourth-order valence-electron chi connectivity index (χ4n) is 5.21. The van der Waals surface area contributed by atoms with Crippen molar-refractivity contribution in [1.29, 1.82) is 0 Å². The Balaban J connectivity index is 1.91. The van der Waals surface area contributed by atoms with E-state index < -0.39 is 5.41 Å². The average Bonchev–Trinajstić information content (AvgIpc) is 3.14. The summed E-state index contributed by atoms with van der Waals surface area (Å²) in [5.74, 6) is 1.19. The SMILES string of the molecule is Cc1nnc(-c2c3c(nn2C)[C@@]2(C)C/C(=C/O)C(=O)C(C)(C)[C@@H]2CC3)o1. The fraction of sp³-hybridized carbons (Fsp3) is 0.579. The second-order valence-electron chi connectivity index (χ2n) is 8.32. The summed E-state index contributed by atoms with van der Waals surface area (Å²) in [5, 5.41) is 22.6. The van der Waals surface area contributed by atoms with Crippen LogP contribution in [0, 0.1) is 18.3 Å². The maximum Gasteiger partial charge on any atom is 0.266 e. The normalized spacial score (nSPS) is 28.9. The summed E-state index contributed by atoms with van der Waals surface area (Å²) in [6.07, 6.45) is 3.16. The van der Waals surface area contributed by atoms with E-state index in [4.69, 9.17) is 9.52 Å². The molecule has 7 heteroatoms. The fourth-order valence-corrected chi connectivity index (χ4v) is 5.21. The Morgan fingerprint density at radius 1 is 1.31 bits per heavy atom. The first kappa shape index (κ1) is 17.0. The molecule has 0 bridgehead atoms. The number of allylic oxidation sites excluding steroid dienone is 1. The molecule has 1 fully saturated rings. The van der Waals surface area contributed by atoms with Crippen molar-refractivity contribution in [2.24, 2.45) is 18.4 Å². The number of aliphatic hydroxyl groups is 1. The van der Waals surface area contributed by atoms with Crippen molar-refractivity contribution in [1.82, 2.24) is 20.0 Å². The van der Waals surface area contributed by atoms with Crippen molar-refractivity contribution in [3.05, 3.63) is 29.0 Å². The first-order chi connectivity index (χ1) is 12.2. The van der Waals surface area contributed by atoms with Crippen molar-refractivity contribution in [3.63, 3.8) is 0 Å². The van der Waals surface area contributed by atoms with Gasteiger partial charge in [0, 0.05) is 35.9 Å². The van der Waals surface area contributed by atoms with Crippen LogP contribution in [0.3, 0.4) is 0 Å². The number of rotatable bonds is 1. The van der Waals surface area contributed by atoms with Crippen LogP contribution in [0.15, 0.2) is 16.3 Å². The number of hydrogen-bond acceptors (Lipinski definition) is 6. The van der Waals surface area contributed by atoms with Gasteiger partial charge in [-0.05, 0) is 25.2 Å². The molecule has 4 rings (SSSR count). The lowest BCUT2D eigenvalue weighted by Gasteiger charge is -2.52. The number of carbonyl (C=O) groups excluding carboxylic acids is 1. The third-order valence-corrected chi connectivity index (χ3v) is 6.33. The van der Waals surface area contributed by atoms with Crippen LogP contribution in [-0.4, -0.2) is 30.9 Å². The molecule has 0 aliphatic heterocycles. The smallest absolute Gasteiger partial charge is 0.266 e. The number of hydrogen-bond donors (Lipinski definition) is 1. The summed E-state index contributed by atoms with van der Waals surface area (Å²) in [6.45, 7) is 7.89. The minimum atomic E-state index is -0.544. The molecule has 2 aromatic rings. The van der Waals surface area contributed by atoms with Gasteiger partial charge in [0.1, 0.15) is 5.69 Å². The van der Waals surface area contributed by atoms with Crippen molar-refractivity contribution in [2.45, 2.75) is 52.4 Å². The van der Waals surface area contributed by atoms with Gasteiger partial charge in [0.15, 0.2) is 5.78 Å². The lowest BCUT2D eigenvalue weighted by molar-refractivity contribution is -0.131. The minimum absolute atomic E-state index is 0.0367. The molecule has 2 aliphatic carbocycles. The molecule has 2 aromatic heterocycles. The van der Waals surface area contributed by atoms with Crippen molar-refractivity contribution in [3.8, 4) is 11.6 Å². The molecule has 0 spiro atoms. The second kappa shape index (κ2) is 5.28. The molecule has 2 aliphatic rings. The van der Waals surface area contributed by atoms with Gasteiger partial charge < -0.3 is 9.52 Å². The Labute approximate surface area is 152 Å². The molecular formula is C19H24N4O3. The zero-order valence-corrected chi connectivity index (χ0v) is 15.8. The van der Waals surface area contributed by atoms with E-state index in [0.717, 1.165) is 36.1 Å². The zero-order valence-electron chi connectivity index (χ0n) is 15.8. The quantitative estimate of drug-likeness (QED) is 0.623. The van der Waals surface area contributed by atoms with E-state index in [1.54, 1.807) is 11.6 Å². The molecular weight excluding hydrogens is 332 g/mol. The van der Waals surface area contributed by atoms with Gasteiger partial charge in [-0.2, -0.15) is 5.10 Å². The maximum atomic E-state index is 12.8. The van der Waals surface area contributed by atoms with Crippen LogP contribution < -0.4 is 0 Å². The highest BCUT2D eigenvalue weighted by Crippen LogP contribution is 2.57. The molecule has 1 saturated carbocycles. The van der Waals surface area contributed by atoms with E-state index in [-0.39, 0.29) is 17.1 Å². The Bertz CT molecular complexity index is 937. The topological polar surface area (TPSA) is 94.0 Å². The number of aromatic nitrogens is 4. The average molecular weight is 356 g/mol. The predicted molar refractivity (Wildman–Crippen MR) is 94.5 cm³/mol. The summed E-state index contributed by atoms with van der Waals surface area (Å²) in [6, 6.07) is 0. The highest BCUT2D eigenvalue weighted by Gasteiger charge is 2.57. The number of ketones is 1. The van der Waals surface area contributed by atoms with Crippen LogP contribution in [-0.2, 0) is 23.7 Å². The third kappa shape index (κ3) is 2.06. The maximum absolute atomic E-state index is 12.8. The number of carbonyl (C=O) groups is 1. The zero-order chi connectivity index (χ0) is 18.9. The van der Waals surface area contributed by atoms with E-state index in [9.17, 15) is 9.90 Å². The summed E-state index contributed by atoms with van der Waals surface area (Å²) < 4.78 is 7.46. The van der Waals surface area contributed by atoms with Crippen LogP contribution in [0.5, 0.6) is 0 Å². The Morgan fingerprint density at radius 3 is 2.65 bits per heavy atom. The molecule has 1 N–H and O–H groups in total.